The van der Waals surface area contributed by atoms with Crippen LogP contribution in [0.5, 0.6) is 5.75 Å². The number of benzene rings is 4. The smallest absolute Gasteiger partial charge is 0.272 e. The van der Waals surface area contributed by atoms with Gasteiger partial charge in [0, 0.05) is 27.1 Å². The second-order valence-corrected chi connectivity index (χ2v) is 12.0. The van der Waals surface area contributed by atoms with Gasteiger partial charge in [-0.25, -0.2) is 4.98 Å². The number of carbonyl (C=O) groups is 3. The van der Waals surface area contributed by atoms with Crippen LogP contribution in [0.3, 0.4) is 0 Å². The van der Waals surface area contributed by atoms with Gasteiger partial charge in [-0.1, -0.05) is 42.5 Å². The highest BCUT2D eigenvalue weighted by Gasteiger charge is 2.16. The molecule has 1 aromatic heterocycles. The largest absolute Gasteiger partial charge is 0.494 e. The van der Waals surface area contributed by atoms with E-state index in [1.165, 1.54) is 23.1 Å². The predicted molar refractivity (Wildman–Crippen MR) is 186 cm³/mol. The summed E-state index contributed by atoms with van der Waals surface area (Å²) >= 11 is 2.74. The number of hydrogen-bond acceptors (Lipinski definition) is 7. The van der Waals surface area contributed by atoms with Crippen LogP contribution < -0.4 is 20.7 Å². The highest BCUT2D eigenvalue weighted by Crippen LogP contribution is 2.27. The van der Waals surface area contributed by atoms with Crippen molar-refractivity contribution < 1.29 is 19.1 Å². The molecule has 3 amide bonds. The molecule has 0 atom stereocenters. The molecule has 4 aromatic carbocycles. The molecule has 5 aromatic rings. The molecular formula is C36H32N4O4S2. The second kappa shape index (κ2) is 15.7. The monoisotopic (exact) mass is 648 g/mol. The van der Waals surface area contributed by atoms with Crippen LogP contribution >= 0.6 is 23.1 Å². The van der Waals surface area contributed by atoms with E-state index in [1.54, 1.807) is 42.5 Å². The molecule has 0 aliphatic heterocycles. The summed E-state index contributed by atoms with van der Waals surface area (Å²) in [6.07, 6.45) is 1.66. The molecule has 46 heavy (non-hydrogen) atoms. The third kappa shape index (κ3) is 8.93. The Morgan fingerprint density at radius 2 is 1.59 bits per heavy atom. The first-order valence-electron chi connectivity index (χ1n) is 14.5. The second-order valence-electron chi connectivity index (χ2n) is 10.0. The molecule has 3 N–H and O–H groups in total. The number of nitrogens with one attached hydrogen (secondary N) is 3. The molecule has 0 radical (unpaired) electrons. The fourth-order valence-electron chi connectivity index (χ4n) is 4.34. The minimum atomic E-state index is -0.458. The number of amides is 3. The van der Waals surface area contributed by atoms with Gasteiger partial charge in [0.1, 0.15) is 11.4 Å². The first kappa shape index (κ1) is 32.2. The lowest BCUT2D eigenvalue weighted by atomic mass is 10.1. The van der Waals surface area contributed by atoms with E-state index in [2.05, 4.69) is 20.9 Å². The molecule has 0 saturated heterocycles. The minimum absolute atomic E-state index is 0.117. The molecule has 0 fully saturated rings. The fraction of sp³-hybridized carbons (Fsp3) is 0.111. The Morgan fingerprint density at radius 1 is 0.870 bits per heavy atom. The highest BCUT2D eigenvalue weighted by molar-refractivity contribution is 8.00. The Labute approximate surface area is 275 Å². The average molecular weight is 649 g/mol. The quantitative estimate of drug-likeness (QED) is 0.0947. The van der Waals surface area contributed by atoms with Gasteiger partial charge >= 0.3 is 0 Å². The molecule has 10 heteroatoms. The van der Waals surface area contributed by atoms with Crippen molar-refractivity contribution in [2.75, 3.05) is 23.0 Å². The van der Waals surface area contributed by atoms with Crippen molar-refractivity contribution in [3.8, 4) is 17.0 Å². The van der Waals surface area contributed by atoms with E-state index in [9.17, 15) is 14.4 Å². The van der Waals surface area contributed by atoms with E-state index in [0.717, 1.165) is 33.0 Å². The molecular weight excluding hydrogens is 617 g/mol. The van der Waals surface area contributed by atoms with Gasteiger partial charge in [0.05, 0.1) is 18.1 Å². The third-order valence-corrected chi connectivity index (χ3v) is 8.48. The Bertz CT molecular complexity index is 1840. The number of rotatable bonds is 12. The van der Waals surface area contributed by atoms with Gasteiger partial charge in [-0.05, 0) is 91.7 Å². The number of ether oxygens (including phenoxy) is 1. The Morgan fingerprint density at radius 3 is 2.30 bits per heavy atom. The van der Waals surface area contributed by atoms with Gasteiger partial charge in [0.15, 0.2) is 5.13 Å². The number of hydrogen-bond donors (Lipinski definition) is 3. The van der Waals surface area contributed by atoms with Crippen molar-refractivity contribution in [1.29, 1.82) is 0 Å². The molecule has 0 bridgehead atoms. The van der Waals surface area contributed by atoms with E-state index in [0.29, 0.717) is 23.0 Å². The minimum Gasteiger partial charge on any atom is -0.494 e. The zero-order chi connectivity index (χ0) is 32.3. The summed E-state index contributed by atoms with van der Waals surface area (Å²) in [5, 5.41) is 10.9. The maximum absolute atomic E-state index is 13.3. The number of aryl methyl sites for hydroxylation is 1. The van der Waals surface area contributed by atoms with Gasteiger partial charge < -0.3 is 20.7 Å². The standard InChI is InChI=1S/C36H32N4O4S2/c1-3-44-29-17-13-25(14-18-29)32-22-46-36(39-32)40-33(41)23-45-30-19-15-28(16-20-30)37-35(43)31(21-27-12-8-7-9-24(27)2)38-34(42)26-10-5-4-6-11-26/h4-22H,3,23H2,1-2H3,(H,37,43)(H,38,42)(H,39,40,41)/b31-21-. The van der Waals surface area contributed by atoms with Crippen molar-refractivity contribution >= 4 is 57.7 Å². The van der Waals surface area contributed by atoms with E-state index in [1.807, 2.05) is 86.0 Å². The predicted octanol–water partition coefficient (Wildman–Crippen LogP) is 7.66. The summed E-state index contributed by atoms with van der Waals surface area (Å²) in [5.74, 6) is -0.0193. The fourth-order valence-corrected chi connectivity index (χ4v) is 5.77. The Hall–Kier alpha value is -5.19. The first-order chi connectivity index (χ1) is 22.4. The molecule has 1 heterocycles. The van der Waals surface area contributed by atoms with Crippen molar-refractivity contribution in [2.24, 2.45) is 0 Å². The van der Waals surface area contributed by atoms with Crippen molar-refractivity contribution in [3.05, 3.63) is 131 Å². The van der Waals surface area contributed by atoms with Crippen LogP contribution in [0, 0.1) is 6.92 Å². The topological polar surface area (TPSA) is 109 Å². The maximum atomic E-state index is 13.3. The highest BCUT2D eigenvalue weighted by atomic mass is 32.2. The van der Waals surface area contributed by atoms with Crippen molar-refractivity contribution in [2.45, 2.75) is 18.7 Å². The number of thioether (sulfide) groups is 1. The van der Waals surface area contributed by atoms with Crippen molar-refractivity contribution in [3.63, 3.8) is 0 Å². The molecule has 0 aliphatic rings. The molecule has 232 valence electrons. The SMILES string of the molecule is CCOc1ccc(-c2csc(NC(=O)CSc3ccc(NC(=O)/C(=C/c4ccccc4C)NC(=O)c4ccccc4)cc3)n2)cc1. The molecule has 0 unspecified atom stereocenters. The average Bonchev–Trinajstić information content (AvgIpc) is 3.54. The lowest BCUT2D eigenvalue weighted by Gasteiger charge is -2.12. The van der Waals surface area contributed by atoms with Gasteiger partial charge in [-0.3, -0.25) is 14.4 Å². The molecule has 0 aliphatic carbocycles. The maximum Gasteiger partial charge on any atom is 0.272 e. The molecule has 0 saturated carbocycles. The molecule has 8 nitrogen and oxygen atoms in total. The summed E-state index contributed by atoms with van der Waals surface area (Å²) in [5.41, 5.74) is 4.62. The van der Waals surface area contributed by atoms with Gasteiger partial charge in [-0.15, -0.1) is 23.1 Å². The summed E-state index contributed by atoms with van der Waals surface area (Å²) in [4.78, 5) is 44.2. The van der Waals surface area contributed by atoms with E-state index < -0.39 is 5.91 Å². The van der Waals surface area contributed by atoms with Crippen LogP contribution in [0.1, 0.15) is 28.4 Å². The number of carbonyl (C=O) groups excluding carboxylic acids is 3. The first-order valence-corrected chi connectivity index (χ1v) is 16.4. The Kier molecular flexibility index (Phi) is 11.0. The van der Waals surface area contributed by atoms with Gasteiger partial charge in [0.25, 0.3) is 11.8 Å². The van der Waals surface area contributed by atoms with Crippen LogP contribution in [0.15, 0.2) is 119 Å². The number of anilines is 2. The van der Waals surface area contributed by atoms with Gasteiger partial charge in [-0.2, -0.15) is 0 Å². The lowest BCUT2D eigenvalue weighted by molar-refractivity contribution is -0.114. The molecule has 5 rings (SSSR count). The van der Waals surface area contributed by atoms with Crippen LogP contribution in [-0.4, -0.2) is 35.1 Å². The lowest BCUT2D eigenvalue weighted by Crippen LogP contribution is -2.30. The van der Waals surface area contributed by atoms with Crippen LogP contribution in [0.4, 0.5) is 10.8 Å². The zero-order valence-corrected chi connectivity index (χ0v) is 26.9. The van der Waals surface area contributed by atoms with E-state index >= 15 is 0 Å². The Balaban J connectivity index is 1.17. The van der Waals surface area contributed by atoms with Crippen LogP contribution in [-0.2, 0) is 9.59 Å². The summed E-state index contributed by atoms with van der Waals surface area (Å²) in [7, 11) is 0. The van der Waals surface area contributed by atoms with Crippen molar-refractivity contribution in [1.82, 2.24) is 10.3 Å². The van der Waals surface area contributed by atoms with E-state index in [4.69, 9.17) is 4.74 Å². The van der Waals surface area contributed by atoms with E-state index in [-0.39, 0.29) is 23.3 Å². The van der Waals surface area contributed by atoms with Crippen LogP contribution in [0.25, 0.3) is 17.3 Å². The van der Waals surface area contributed by atoms with Crippen LogP contribution in [0.2, 0.25) is 0 Å². The molecule has 0 spiro atoms. The summed E-state index contributed by atoms with van der Waals surface area (Å²) < 4.78 is 5.49. The number of thiazole rings is 1. The number of nitrogens with zero attached hydrogens (tertiary/aromatic N) is 1. The third-order valence-electron chi connectivity index (χ3n) is 6.71. The number of aromatic nitrogens is 1. The zero-order valence-electron chi connectivity index (χ0n) is 25.3. The summed E-state index contributed by atoms with van der Waals surface area (Å²) in [6, 6.07) is 31.2. The summed E-state index contributed by atoms with van der Waals surface area (Å²) in [6.45, 7) is 4.49. The van der Waals surface area contributed by atoms with Gasteiger partial charge in [0.2, 0.25) is 5.91 Å². The normalized spacial score (nSPS) is 11.0.